The molecule has 0 radical (unpaired) electrons. The number of carbonyl (C=O) groups is 1. The average Bonchev–Trinajstić information content (AvgIpc) is 2.86. The Bertz CT molecular complexity index is 390. The number of halogens is 1. The number of alkyl halides is 1. The number of hydrogen-bond donors (Lipinski definition) is 2. The van der Waals surface area contributed by atoms with E-state index in [1.807, 2.05) is 10.9 Å². The van der Waals surface area contributed by atoms with E-state index in [4.69, 9.17) is 16.3 Å². The van der Waals surface area contributed by atoms with Gasteiger partial charge in [0.15, 0.2) is 0 Å². The van der Waals surface area contributed by atoms with Crippen molar-refractivity contribution in [3.63, 3.8) is 0 Å². The summed E-state index contributed by atoms with van der Waals surface area (Å²) in [5.41, 5.74) is 0.688. The molecule has 0 atom stereocenters. The lowest BCUT2D eigenvalue weighted by molar-refractivity contribution is 0.0662. The normalized spacial score (nSPS) is 16.5. The third-order valence-electron chi connectivity index (χ3n) is 2.80. The van der Waals surface area contributed by atoms with E-state index in [1.165, 1.54) is 0 Å². The molecule has 2 amide bonds. The van der Waals surface area contributed by atoms with Crippen LogP contribution in [0.1, 0.15) is 18.9 Å². The highest BCUT2D eigenvalue weighted by atomic mass is 35.5. The van der Waals surface area contributed by atoms with Crippen LogP contribution in [0, 0.1) is 0 Å². The molecule has 100 valence electrons. The Balaban J connectivity index is 1.87. The fraction of sp³-hybridized carbons (Fsp3) is 0.636. The van der Waals surface area contributed by atoms with Crippen LogP contribution in [0.3, 0.4) is 0 Å². The van der Waals surface area contributed by atoms with Gasteiger partial charge in [0.2, 0.25) is 0 Å². The number of hydrogen-bond acceptors (Lipinski definition) is 3. The molecule has 1 aliphatic heterocycles. The summed E-state index contributed by atoms with van der Waals surface area (Å²) in [5, 5.41) is 9.61. The molecule has 0 bridgehead atoms. The SMILES string of the molecule is O=C(NCCCl)Nc1cnn(C2CCOCC2)c1. The fourth-order valence-corrected chi connectivity index (χ4v) is 1.98. The molecule has 2 N–H and O–H groups in total. The molecule has 2 heterocycles. The molecular formula is C11H17ClN4O2. The standard InChI is InChI=1S/C11H17ClN4O2/c12-3-4-13-11(17)15-9-7-14-16(8-9)10-1-5-18-6-2-10/h7-8,10H,1-6H2,(H2,13,15,17). The Morgan fingerprint density at radius 2 is 2.33 bits per heavy atom. The second kappa shape index (κ2) is 6.61. The van der Waals surface area contributed by atoms with Crippen molar-refractivity contribution in [2.75, 3.05) is 31.0 Å². The largest absolute Gasteiger partial charge is 0.381 e. The van der Waals surface area contributed by atoms with Crippen LogP contribution in [0.5, 0.6) is 0 Å². The van der Waals surface area contributed by atoms with Gasteiger partial charge in [-0.15, -0.1) is 11.6 Å². The predicted octanol–water partition coefficient (Wildman–Crippen LogP) is 1.59. The molecule has 18 heavy (non-hydrogen) atoms. The zero-order chi connectivity index (χ0) is 12.8. The highest BCUT2D eigenvalue weighted by molar-refractivity contribution is 6.18. The first-order valence-corrected chi connectivity index (χ1v) is 6.56. The Kier molecular flexibility index (Phi) is 4.83. The van der Waals surface area contributed by atoms with Crippen LogP contribution in [0.25, 0.3) is 0 Å². The van der Waals surface area contributed by atoms with Crippen molar-refractivity contribution in [2.24, 2.45) is 0 Å². The summed E-state index contributed by atoms with van der Waals surface area (Å²) >= 11 is 5.48. The van der Waals surface area contributed by atoms with E-state index in [1.54, 1.807) is 6.20 Å². The van der Waals surface area contributed by atoms with Crippen LogP contribution in [-0.2, 0) is 4.74 Å². The monoisotopic (exact) mass is 272 g/mol. The number of ether oxygens (including phenoxy) is 1. The molecule has 0 saturated carbocycles. The summed E-state index contributed by atoms with van der Waals surface area (Å²) in [7, 11) is 0. The number of anilines is 1. The second-order valence-corrected chi connectivity index (χ2v) is 4.50. The van der Waals surface area contributed by atoms with Crippen LogP contribution in [0.15, 0.2) is 12.4 Å². The molecule has 7 heteroatoms. The first kappa shape index (κ1) is 13.2. The number of rotatable bonds is 4. The average molecular weight is 273 g/mol. The molecule has 1 aromatic heterocycles. The predicted molar refractivity (Wildman–Crippen MR) is 69.1 cm³/mol. The molecule has 6 nitrogen and oxygen atoms in total. The van der Waals surface area contributed by atoms with Gasteiger partial charge in [-0.25, -0.2) is 4.79 Å². The van der Waals surface area contributed by atoms with Crippen LogP contribution in [0.2, 0.25) is 0 Å². The van der Waals surface area contributed by atoms with Gasteiger partial charge in [-0.3, -0.25) is 4.68 Å². The molecule has 0 unspecified atom stereocenters. The Morgan fingerprint density at radius 1 is 1.56 bits per heavy atom. The van der Waals surface area contributed by atoms with Crippen molar-refractivity contribution in [2.45, 2.75) is 18.9 Å². The first-order chi connectivity index (χ1) is 8.79. The summed E-state index contributed by atoms with van der Waals surface area (Å²) in [6.07, 6.45) is 5.41. The number of nitrogens with zero attached hydrogens (tertiary/aromatic N) is 2. The minimum Gasteiger partial charge on any atom is -0.381 e. The number of urea groups is 1. The van der Waals surface area contributed by atoms with Crippen molar-refractivity contribution in [3.8, 4) is 0 Å². The lowest BCUT2D eigenvalue weighted by Crippen LogP contribution is -2.30. The van der Waals surface area contributed by atoms with Gasteiger partial charge in [-0.1, -0.05) is 0 Å². The van der Waals surface area contributed by atoms with E-state index in [9.17, 15) is 4.79 Å². The third kappa shape index (κ3) is 3.61. The summed E-state index contributed by atoms with van der Waals surface area (Å²) in [4.78, 5) is 11.4. The lowest BCUT2D eigenvalue weighted by Gasteiger charge is -2.22. The maximum absolute atomic E-state index is 11.4. The summed E-state index contributed by atoms with van der Waals surface area (Å²) < 4.78 is 7.19. The van der Waals surface area contributed by atoms with E-state index >= 15 is 0 Å². The van der Waals surface area contributed by atoms with Gasteiger partial charge in [-0.05, 0) is 12.8 Å². The van der Waals surface area contributed by atoms with Gasteiger partial charge >= 0.3 is 6.03 Å². The van der Waals surface area contributed by atoms with Crippen LogP contribution in [-0.4, -0.2) is 41.5 Å². The van der Waals surface area contributed by atoms with Crippen molar-refractivity contribution < 1.29 is 9.53 Å². The molecule has 0 spiro atoms. The molecule has 1 aromatic rings. The Hall–Kier alpha value is -1.27. The fourth-order valence-electron chi connectivity index (χ4n) is 1.89. The lowest BCUT2D eigenvalue weighted by atomic mass is 10.1. The van der Waals surface area contributed by atoms with Crippen LogP contribution < -0.4 is 10.6 Å². The zero-order valence-electron chi connectivity index (χ0n) is 10.1. The van der Waals surface area contributed by atoms with Crippen LogP contribution >= 0.6 is 11.6 Å². The van der Waals surface area contributed by atoms with Crippen molar-refractivity contribution in [1.29, 1.82) is 0 Å². The molecule has 1 aliphatic rings. The Labute approximate surface area is 111 Å². The van der Waals surface area contributed by atoms with Gasteiger partial charge in [0.25, 0.3) is 0 Å². The van der Waals surface area contributed by atoms with E-state index in [2.05, 4.69) is 15.7 Å². The quantitative estimate of drug-likeness (QED) is 0.818. The van der Waals surface area contributed by atoms with E-state index in [0.29, 0.717) is 24.2 Å². The molecule has 0 aliphatic carbocycles. The number of amides is 2. The Morgan fingerprint density at radius 3 is 3.06 bits per heavy atom. The van der Waals surface area contributed by atoms with E-state index < -0.39 is 0 Å². The van der Waals surface area contributed by atoms with Crippen molar-refractivity contribution >= 4 is 23.3 Å². The summed E-state index contributed by atoms with van der Waals surface area (Å²) in [5.74, 6) is 0.398. The van der Waals surface area contributed by atoms with Gasteiger partial charge in [0.05, 0.1) is 17.9 Å². The van der Waals surface area contributed by atoms with Gasteiger partial charge in [0, 0.05) is 31.8 Å². The third-order valence-corrected chi connectivity index (χ3v) is 2.99. The van der Waals surface area contributed by atoms with Crippen LogP contribution in [0.4, 0.5) is 10.5 Å². The second-order valence-electron chi connectivity index (χ2n) is 4.12. The zero-order valence-corrected chi connectivity index (χ0v) is 10.8. The number of carbonyl (C=O) groups excluding carboxylic acids is 1. The highest BCUT2D eigenvalue weighted by Gasteiger charge is 2.16. The number of aromatic nitrogens is 2. The van der Waals surface area contributed by atoms with Crippen molar-refractivity contribution in [1.82, 2.24) is 15.1 Å². The first-order valence-electron chi connectivity index (χ1n) is 6.02. The van der Waals surface area contributed by atoms with Gasteiger partial charge in [0.1, 0.15) is 0 Å². The van der Waals surface area contributed by atoms with Crippen molar-refractivity contribution in [3.05, 3.63) is 12.4 Å². The maximum atomic E-state index is 11.4. The van der Waals surface area contributed by atoms with E-state index in [0.717, 1.165) is 26.1 Å². The van der Waals surface area contributed by atoms with Gasteiger partial charge in [-0.2, -0.15) is 5.10 Å². The molecule has 2 rings (SSSR count). The summed E-state index contributed by atoms with van der Waals surface area (Å²) in [6.45, 7) is 1.98. The minimum atomic E-state index is -0.262. The highest BCUT2D eigenvalue weighted by Crippen LogP contribution is 2.21. The summed E-state index contributed by atoms with van der Waals surface area (Å²) in [6, 6.07) is 0.0994. The topological polar surface area (TPSA) is 68.2 Å². The molecule has 1 saturated heterocycles. The maximum Gasteiger partial charge on any atom is 0.319 e. The molecule has 1 fully saturated rings. The molecule has 0 aromatic carbocycles. The smallest absolute Gasteiger partial charge is 0.319 e. The van der Waals surface area contributed by atoms with E-state index in [-0.39, 0.29) is 6.03 Å². The number of nitrogens with one attached hydrogen (secondary N) is 2. The van der Waals surface area contributed by atoms with Gasteiger partial charge < -0.3 is 15.4 Å². The molecular weight excluding hydrogens is 256 g/mol. The minimum absolute atomic E-state index is 0.262.